The number of amides is 1. The highest BCUT2D eigenvalue weighted by Gasteiger charge is 2.20. The van der Waals surface area contributed by atoms with Crippen molar-refractivity contribution in [2.45, 2.75) is 19.8 Å². The fourth-order valence-electron chi connectivity index (χ4n) is 2.59. The topological polar surface area (TPSA) is 75.7 Å². The number of carbonyl (C=O) groups is 1. The molecular formula is C20H25ClN2O4S. The highest BCUT2D eigenvalue weighted by atomic mass is 35.5. The van der Waals surface area contributed by atoms with Crippen LogP contribution in [0.5, 0.6) is 5.75 Å². The summed E-state index contributed by atoms with van der Waals surface area (Å²) >= 11 is 5.83. The van der Waals surface area contributed by atoms with Crippen molar-refractivity contribution < 1.29 is 17.9 Å². The molecule has 2 aromatic carbocycles. The zero-order valence-corrected chi connectivity index (χ0v) is 17.6. The van der Waals surface area contributed by atoms with Crippen molar-refractivity contribution >= 4 is 33.2 Å². The van der Waals surface area contributed by atoms with Gasteiger partial charge >= 0.3 is 0 Å². The smallest absolute Gasteiger partial charge is 0.240 e. The summed E-state index contributed by atoms with van der Waals surface area (Å²) in [5, 5.41) is 3.16. The SMILES string of the molecule is CCCc1ccc(OCCNC(=O)CN(c2ccc(Cl)cc2)S(C)(=O)=O)cc1. The predicted octanol–water partition coefficient (Wildman–Crippen LogP) is 3.25. The van der Waals surface area contributed by atoms with Crippen molar-refractivity contribution in [3.63, 3.8) is 0 Å². The first-order chi connectivity index (χ1) is 13.3. The van der Waals surface area contributed by atoms with E-state index < -0.39 is 15.9 Å². The third-order valence-electron chi connectivity index (χ3n) is 3.96. The third kappa shape index (κ3) is 7.05. The highest BCUT2D eigenvalue weighted by Crippen LogP contribution is 2.20. The van der Waals surface area contributed by atoms with E-state index in [1.54, 1.807) is 24.3 Å². The van der Waals surface area contributed by atoms with Gasteiger partial charge in [-0.05, 0) is 48.4 Å². The molecule has 152 valence electrons. The second kappa shape index (κ2) is 10.3. The Labute approximate surface area is 171 Å². The zero-order chi connectivity index (χ0) is 20.6. The molecule has 0 spiro atoms. The van der Waals surface area contributed by atoms with Gasteiger partial charge in [0, 0.05) is 5.02 Å². The maximum atomic E-state index is 12.2. The number of carbonyl (C=O) groups excluding carboxylic acids is 1. The quantitative estimate of drug-likeness (QED) is 0.594. The second-order valence-electron chi connectivity index (χ2n) is 6.34. The van der Waals surface area contributed by atoms with E-state index in [1.807, 2.05) is 24.3 Å². The Balaban J connectivity index is 1.83. The van der Waals surface area contributed by atoms with E-state index in [1.165, 1.54) is 5.56 Å². The van der Waals surface area contributed by atoms with E-state index in [0.29, 0.717) is 17.3 Å². The van der Waals surface area contributed by atoms with Gasteiger partial charge in [-0.1, -0.05) is 37.1 Å². The van der Waals surface area contributed by atoms with E-state index in [-0.39, 0.29) is 13.1 Å². The molecule has 1 amide bonds. The van der Waals surface area contributed by atoms with Gasteiger partial charge in [0.15, 0.2) is 0 Å². The molecule has 2 aromatic rings. The largest absolute Gasteiger partial charge is 0.492 e. The van der Waals surface area contributed by atoms with Crippen LogP contribution in [-0.2, 0) is 21.2 Å². The molecule has 0 radical (unpaired) electrons. The Bertz CT molecular complexity index is 868. The van der Waals surface area contributed by atoms with Gasteiger partial charge in [-0.2, -0.15) is 0 Å². The first-order valence-corrected chi connectivity index (χ1v) is 11.2. The van der Waals surface area contributed by atoms with Gasteiger partial charge in [0.2, 0.25) is 15.9 Å². The number of nitrogens with zero attached hydrogens (tertiary/aromatic N) is 1. The van der Waals surface area contributed by atoms with Gasteiger partial charge in [-0.25, -0.2) is 8.42 Å². The molecule has 6 nitrogen and oxygen atoms in total. The van der Waals surface area contributed by atoms with Crippen molar-refractivity contribution in [2.75, 3.05) is 30.3 Å². The molecule has 0 aliphatic rings. The van der Waals surface area contributed by atoms with E-state index in [9.17, 15) is 13.2 Å². The Morgan fingerprint density at radius 2 is 1.75 bits per heavy atom. The zero-order valence-electron chi connectivity index (χ0n) is 16.0. The fourth-order valence-corrected chi connectivity index (χ4v) is 3.58. The number of rotatable bonds is 10. The summed E-state index contributed by atoms with van der Waals surface area (Å²) < 4.78 is 30.7. The van der Waals surface area contributed by atoms with E-state index >= 15 is 0 Å². The van der Waals surface area contributed by atoms with Gasteiger partial charge in [0.1, 0.15) is 18.9 Å². The lowest BCUT2D eigenvalue weighted by molar-refractivity contribution is -0.119. The molecule has 0 aliphatic carbocycles. The second-order valence-corrected chi connectivity index (χ2v) is 8.68. The Morgan fingerprint density at radius 3 is 2.32 bits per heavy atom. The summed E-state index contributed by atoms with van der Waals surface area (Å²) in [6.45, 7) is 2.38. The van der Waals surface area contributed by atoms with Crippen LogP contribution < -0.4 is 14.4 Å². The maximum absolute atomic E-state index is 12.2. The average Bonchev–Trinajstić information content (AvgIpc) is 2.65. The Kier molecular flexibility index (Phi) is 8.14. The summed E-state index contributed by atoms with van der Waals surface area (Å²) in [5.41, 5.74) is 1.64. The van der Waals surface area contributed by atoms with Gasteiger partial charge in [0.25, 0.3) is 0 Å². The molecule has 8 heteroatoms. The molecule has 0 aromatic heterocycles. The van der Waals surface area contributed by atoms with E-state index in [2.05, 4.69) is 12.2 Å². The van der Waals surface area contributed by atoms with Crippen LogP contribution in [0.4, 0.5) is 5.69 Å². The molecule has 0 unspecified atom stereocenters. The van der Waals surface area contributed by atoms with Crippen LogP contribution in [0.25, 0.3) is 0 Å². The number of benzene rings is 2. The number of anilines is 1. The van der Waals surface area contributed by atoms with Gasteiger partial charge in [-0.3, -0.25) is 9.10 Å². The summed E-state index contributed by atoms with van der Waals surface area (Å²) in [6, 6.07) is 14.1. The van der Waals surface area contributed by atoms with Crippen molar-refractivity contribution in [3.8, 4) is 5.75 Å². The van der Waals surface area contributed by atoms with Gasteiger partial charge in [-0.15, -0.1) is 0 Å². The molecule has 0 aliphatic heterocycles. The number of ether oxygens (including phenoxy) is 1. The maximum Gasteiger partial charge on any atom is 0.240 e. The molecule has 28 heavy (non-hydrogen) atoms. The third-order valence-corrected chi connectivity index (χ3v) is 5.35. The molecule has 1 N–H and O–H groups in total. The lowest BCUT2D eigenvalue weighted by Crippen LogP contribution is -2.41. The minimum absolute atomic E-state index is 0.272. The summed E-state index contributed by atoms with van der Waals surface area (Å²) in [5.74, 6) is 0.315. The number of hydrogen-bond acceptors (Lipinski definition) is 4. The summed E-state index contributed by atoms with van der Waals surface area (Å²) in [6.07, 6.45) is 3.17. The standard InChI is InChI=1S/C20H25ClN2O4S/c1-3-4-16-5-11-19(12-6-16)27-14-13-22-20(24)15-23(28(2,25)26)18-9-7-17(21)8-10-18/h5-12H,3-4,13-15H2,1-2H3,(H,22,24). The number of aryl methyl sites for hydroxylation is 1. The van der Waals surface area contributed by atoms with Crippen molar-refractivity contribution in [1.29, 1.82) is 0 Å². The van der Waals surface area contributed by atoms with Crippen molar-refractivity contribution in [1.82, 2.24) is 5.32 Å². The van der Waals surface area contributed by atoms with Gasteiger partial charge < -0.3 is 10.1 Å². The molecule has 0 saturated heterocycles. The van der Waals surface area contributed by atoms with Crippen LogP contribution in [-0.4, -0.2) is 40.3 Å². The Hall–Kier alpha value is -2.25. The summed E-state index contributed by atoms with van der Waals surface area (Å²) in [4.78, 5) is 12.2. The number of nitrogens with one attached hydrogen (secondary N) is 1. The van der Waals surface area contributed by atoms with E-state index in [0.717, 1.165) is 29.2 Å². The first kappa shape index (κ1) is 22.0. The monoisotopic (exact) mass is 424 g/mol. The van der Waals surface area contributed by atoms with E-state index in [4.69, 9.17) is 16.3 Å². The van der Waals surface area contributed by atoms with Crippen LogP contribution >= 0.6 is 11.6 Å². The van der Waals surface area contributed by atoms with Crippen LogP contribution in [0.15, 0.2) is 48.5 Å². The minimum atomic E-state index is -3.61. The lowest BCUT2D eigenvalue weighted by atomic mass is 10.1. The summed E-state index contributed by atoms with van der Waals surface area (Å²) in [7, 11) is -3.61. The minimum Gasteiger partial charge on any atom is -0.492 e. The normalized spacial score (nSPS) is 11.1. The number of sulfonamides is 1. The molecular weight excluding hydrogens is 400 g/mol. The highest BCUT2D eigenvalue weighted by molar-refractivity contribution is 7.92. The van der Waals surface area contributed by atoms with Crippen molar-refractivity contribution in [3.05, 3.63) is 59.1 Å². The first-order valence-electron chi connectivity index (χ1n) is 9.01. The molecule has 0 saturated carbocycles. The fraction of sp³-hybridized carbons (Fsp3) is 0.350. The van der Waals surface area contributed by atoms with Crippen molar-refractivity contribution in [2.24, 2.45) is 0 Å². The molecule has 0 atom stereocenters. The van der Waals surface area contributed by atoms with Crippen LogP contribution in [0, 0.1) is 0 Å². The van der Waals surface area contributed by atoms with Gasteiger partial charge in [0.05, 0.1) is 18.5 Å². The molecule has 2 rings (SSSR count). The molecule has 0 heterocycles. The lowest BCUT2D eigenvalue weighted by Gasteiger charge is -2.22. The molecule has 0 bridgehead atoms. The Morgan fingerprint density at radius 1 is 1.11 bits per heavy atom. The number of hydrogen-bond donors (Lipinski definition) is 1. The van der Waals surface area contributed by atoms with Crippen LogP contribution in [0.2, 0.25) is 5.02 Å². The van der Waals surface area contributed by atoms with Crippen LogP contribution in [0.3, 0.4) is 0 Å². The average molecular weight is 425 g/mol. The predicted molar refractivity (Wildman–Crippen MR) is 113 cm³/mol. The molecule has 0 fully saturated rings. The number of halogens is 1. The van der Waals surface area contributed by atoms with Crippen LogP contribution in [0.1, 0.15) is 18.9 Å².